The van der Waals surface area contributed by atoms with Crippen molar-refractivity contribution in [2.45, 2.75) is 26.3 Å². The van der Waals surface area contributed by atoms with E-state index in [1.807, 2.05) is 6.92 Å². The number of amides is 1. The summed E-state index contributed by atoms with van der Waals surface area (Å²) in [5, 5.41) is 5.95. The van der Waals surface area contributed by atoms with Crippen LogP contribution in [-0.2, 0) is 4.79 Å². The van der Waals surface area contributed by atoms with Crippen molar-refractivity contribution in [3.8, 4) is 11.5 Å². The van der Waals surface area contributed by atoms with E-state index < -0.39 is 0 Å². The summed E-state index contributed by atoms with van der Waals surface area (Å²) in [6.45, 7) is 4.41. The Bertz CT molecular complexity index is 421. The molecule has 2 N–H and O–H groups in total. The average Bonchev–Trinajstić information content (AvgIpc) is 2.44. The predicted octanol–water partition coefficient (Wildman–Crippen LogP) is 2.03. The van der Waals surface area contributed by atoms with E-state index in [1.165, 1.54) is 0 Å². The van der Waals surface area contributed by atoms with Crippen molar-refractivity contribution in [2.24, 2.45) is 0 Å². The molecule has 0 aromatic heterocycles. The third-order valence-electron chi connectivity index (χ3n) is 2.89. The molecule has 1 aromatic carbocycles. The third-order valence-corrected chi connectivity index (χ3v) is 2.89. The normalized spacial score (nSPS) is 11.8. The Balaban J connectivity index is 2.59. The van der Waals surface area contributed by atoms with Gasteiger partial charge in [0.05, 0.1) is 20.8 Å². The van der Waals surface area contributed by atoms with Gasteiger partial charge < -0.3 is 20.1 Å². The van der Waals surface area contributed by atoms with Crippen LogP contribution in [0.2, 0.25) is 0 Å². The van der Waals surface area contributed by atoms with E-state index in [9.17, 15) is 4.79 Å². The summed E-state index contributed by atoms with van der Waals surface area (Å²) in [4.78, 5) is 11.7. The van der Waals surface area contributed by atoms with E-state index >= 15 is 0 Å². The van der Waals surface area contributed by atoms with Gasteiger partial charge in [0.15, 0.2) is 11.5 Å². The molecule has 0 saturated heterocycles. The zero-order chi connectivity index (χ0) is 14.3. The lowest BCUT2D eigenvalue weighted by molar-refractivity contribution is -0.115. The van der Waals surface area contributed by atoms with Gasteiger partial charge in [0, 0.05) is 17.8 Å². The minimum absolute atomic E-state index is 0.0764. The largest absolute Gasteiger partial charge is 0.493 e. The van der Waals surface area contributed by atoms with Gasteiger partial charge in [0.1, 0.15) is 0 Å². The van der Waals surface area contributed by atoms with Gasteiger partial charge in [0.2, 0.25) is 5.91 Å². The summed E-state index contributed by atoms with van der Waals surface area (Å²) < 4.78 is 10.3. The number of carbonyl (C=O) groups excluding carboxylic acids is 1. The number of rotatable bonds is 7. The van der Waals surface area contributed by atoms with Gasteiger partial charge in [-0.1, -0.05) is 6.92 Å². The molecule has 0 saturated carbocycles. The number of ether oxygens (including phenoxy) is 2. The summed E-state index contributed by atoms with van der Waals surface area (Å²) in [6.07, 6.45) is 0.990. The second-order valence-electron chi connectivity index (χ2n) is 4.31. The first-order chi connectivity index (χ1) is 9.10. The Kier molecular flexibility index (Phi) is 6.15. The van der Waals surface area contributed by atoms with E-state index in [0.29, 0.717) is 29.8 Å². The molecule has 5 heteroatoms. The predicted molar refractivity (Wildman–Crippen MR) is 75.9 cm³/mol. The third kappa shape index (κ3) is 4.79. The lowest BCUT2D eigenvalue weighted by Gasteiger charge is -2.13. The highest BCUT2D eigenvalue weighted by molar-refractivity contribution is 5.92. The molecule has 106 valence electrons. The first-order valence-electron chi connectivity index (χ1n) is 6.36. The zero-order valence-corrected chi connectivity index (χ0v) is 11.9. The first-order valence-corrected chi connectivity index (χ1v) is 6.36. The highest BCUT2D eigenvalue weighted by Crippen LogP contribution is 2.29. The van der Waals surface area contributed by atoms with Crippen LogP contribution in [0.1, 0.15) is 20.3 Å². The molecule has 0 heterocycles. The second-order valence-corrected chi connectivity index (χ2v) is 4.31. The minimum atomic E-state index is -0.0764. The fraction of sp³-hybridized carbons (Fsp3) is 0.500. The molecule has 1 atom stereocenters. The van der Waals surface area contributed by atoms with Crippen LogP contribution in [0.3, 0.4) is 0 Å². The first kappa shape index (κ1) is 15.3. The minimum Gasteiger partial charge on any atom is -0.493 e. The van der Waals surface area contributed by atoms with Crippen molar-refractivity contribution in [1.82, 2.24) is 5.32 Å². The summed E-state index contributed by atoms with van der Waals surface area (Å²) in [5.41, 5.74) is 0.689. The van der Waals surface area contributed by atoms with Gasteiger partial charge in [0.25, 0.3) is 0 Å². The Labute approximate surface area is 114 Å². The van der Waals surface area contributed by atoms with Crippen LogP contribution in [-0.4, -0.2) is 32.7 Å². The number of anilines is 1. The smallest absolute Gasteiger partial charge is 0.238 e. The number of nitrogens with one attached hydrogen (secondary N) is 2. The van der Waals surface area contributed by atoms with E-state index in [0.717, 1.165) is 6.42 Å². The van der Waals surface area contributed by atoms with Crippen LogP contribution in [0.25, 0.3) is 0 Å². The van der Waals surface area contributed by atoms with Gasteiger partial charge in [-0.05, 0) is 25.5 Å². The topological polar surface area (TPSA) is 59.6 Å². The number of hydrogen-bond donors (Lipinski definition) is 2. The number of carbonyl (C=O) groups is 1. The fourth-order valence-corrected chi connectivity index (χ4v) is 1.53. The molecule has 5 nitrogen and oxygen atoms in total. The van der Waals surface area contributed by atoms with Crippen LogP contribution in [0.15, 0.2) is 18.2 Å². The summed E-state index contributed by atoms with van der Waals surface area (Å²) in [5.74, 6) is 1.15. The molecule has 1 aromatic rings. The van der Waals surface area contributed by atoms with E-state index in [1.54, 1.807) is 32.4 Å². The van der Waals surface area contributed by atoms with E-state index in [-0.39, 0.29) is 5.91 Å². The van der Waals surface area contributed by atoms with Gasteiger partial charge in [-0.2, -0.15) is 0 Å². The van der Waals surface area contributed by atoms with Crippen molar-refractivity contribution in [3.05, 3.63) is 18.2 Å². The summed E-state index contributed by atoms with van der Waals surface area (Å²) in [7, 11) is 3.14. The van der Waals surface area contributed by atoms with Crippen LogP contribution in [0.4, 0.5) is 5.69 Å². The molecule has 1 unspecified atom stereocenters. The second kappa shape index (κ2) is 7.63. The molecule has 0 aliphatic heterocycles. The van der Waals surface area contributed by atoms with E-state index in [2.05, 4.69) is 17.6 Å². The molecule has 0 aliphatic carbocycles. The van der Waals surface area contributed by atoms with Crippen molar-refractivity contribution in [1.29, 1.82) is 0 Å². The van der Waals surface area contributed by atoms with Crippen LogP contribution < -0.4 is 20.1 Å². The quantitative estimate of drug-likeness (QED) is 0.793. The molecule has 0 spiro atoms. The van der Waals surface area contributed by atoms with Crippen molar-refractivity contribution >= 4 is 11.6 Å². The molecule has 1 amide bonds. The van der Waals surface area contributed by atoms with Crippen LogP contribution in [0.5, 0.6) is 11.5 Å². The Morgan fingerprint density at radius 2 is 1.95 bits per heavy atom. The number of benzene rings is 1. The zero-order valence-electron chi connectivity index (χ0n) is 11.9. The van der Waals surface area contributed by atoms with Gasteiger partial charge in [-0.3, -0.25) is 4.79 Å². The Morgan fingerprint density at radius 1 is 1.26 bits per heavy atom. The highest BCUT2D eigenvalue weighted by Gasteiger charge is 2.08. The van der Waals surface area contributed by atoms with Gasteiger partial charge in [-0.15, -0.1) is 0 Å². The summed E-state index contributed by atoms with van der Waals surface area (Å²) in [6, 6.07) is 5.61. The van der Waals surface area contributed by atoms with Gasteiger partial charge in [-0.25, -0.2) is 0 Å². The monoisotopic (exact) mass is 266 g/mol. The SMILES string of the molecule is CCC(C)NCC(=O)Nc1ccc(OC)c(OC)c1. The molecular weight excluding hydrogens is 244 g/mol. The van der Waals surface area contributed by atoms with Crippen molar-refractivity contribution in [3.63, 3.8) is 0 Å². The standard InChI is InChI=1S/C14H22N2O3/c1-5-10(2)15-9-14(17)16-11-6-7-12(18-3)13(8-11)19-4/h6-8,10,15H,5,9H2,1-4H3,(H,16,17). The van der Waals surface area contributed by atoms with Crippen LogP contribution in [0, 0.1) is 0 Å². The Morgan fingerprint density at radius 3 is 2.53 bits per heavy atom. The summed E-state index contributed by atoms with van der Waals surface area (Å²) >= 11 is 0. The van der Waals surface area contributed by atoms with E-state index in [4.69, 9.17) is 9.47 Å². The van der Waals surface area contributed by atoms with Crippen LogP contribution >= 0.6 is 0 Å². The molecule has 0 aliphatic rings. The van der Waals surface area contributed by atoms with Crippen molar-refractivity contribution in [2.75, 3.05) is 26.1 Å². The maximum atomic E-state index is 11.7. The molecule has 0 bridgehead atoms. The molecule has 1 rings (SSSR count). The number of hydrogen-bond acceptors (Lipinski definition) is 4. The molecular formula is C14H22N2O3. The maximum absolute atomic E-state index is 11.7. The molecule has 0 radical (unpaired) electrons. The lowest BCUT2D eigenvalue weighted by atomic mass is 10.2. The Hall–Kier alpha value is -1.75. The maximum Gasteiger partial charge on any atom is 0.238 e. The number of methoxy groups -OCH3 is 2. The van der Waals surface area contributed by atoms with Crippen molar-refractivity contribution < 1.29 is 14.3 Å². The fourth-order valence-electron chi connectivity index (χ4n) is 1.53. The lowest BCUT2D eigenvalue weighted by Crippen LogP contribution is -2.33. The highest BCUT2D eigenvalue weighted by atomic mass is 16.5. The molecule has 19 heavy (non-hydrogen) atoms. The average molecular weight is 266 g/mol. The van der Waals surface area contributed by atoms with Gasteiger partial charge >= 0.3 is 0 Å². The molecule has 0 fully saturated rings.